The van der Waals surface area contributed by atoms with Crippen LogP contribution in [0.4, 0.5) is 5.82 Å². The van der Waals surface area contributed by atoms with Crippen LogP contribution in [0.5, 0.6) is 0 Å². The standard InChI is InChI=1S/C16H19N3/c1-3-14-10(2)15(17)19-16(18-14)13-8-11-6-4-5-7-12(11)9-13/h4-7,13H,3,8-9H2,1-2H3,(H2,17,18,19). The van der Waals surface area contributed by atoms with Crippen molar-refractivity contribution in [1.82, 2.24) is 9.97 Å². The van der Waals surface area contributed by atoms with Gasteiger partial charge in [-0.3, -0.25) is 0 Å². The third-order valence-corrected chi connectivity index (χ3v) is 4.05. The normalized spacial score (nSPS) is 14.6. The number of aryl methyl sites for hydroxylation is 1. The lowest BCUT2D eigenvalue weighted by Crippen LogP contribution is -2.11. The molecule has 0 spiro atoms. The first kappa shape index (κ1) is 12.2. The van der Waals surface area contributed by atoms with Gasteiger partial charge in [-0.1, -0.05) is 31.2 Å². The number of anilines is 1. The summed E-state index contributed by atoms with van der Waals surface area (Å²) in [6.07, 6.45) is 2.97. The van der Waals surface area contributed by atoms with E-state index < -0.39 is 0 Å². The lowest BCUT2D eigenvalue weighted by atomic mass is 10.0. The van der Waals surface area contributed by atoms with Gasteiger partial charge in [-0.25, -0.2) is 9.97 Å². The maximum Gasteiger partial charge on any atom is 0.134 e. The van der Waals surface area contributed by atoms with Gasteiger partial charge in [0.1, 0.15) is 11.6 Å². The molecule has 0 unspecified atom stereocenters. The second kappa shape index (κ2) is 4.65. The lowest BCUT2D eigenvalue weighted by molar-refractivity contribution is 0.674. The third kappa shape index (κ3) is 2.09. The number of nitrogens with two attached hydrogens (primary N) is 1. The highest BCUT2D eigenvalue weighted by atomic mass is 15.0. The SMILES string of the molecule is CCc1nc(C2Cc3ccccc3C2)nc(N)c1C. The maximum absolute atomic E-state index is 6.02. The van der Waals surface area contributed by atoms with Crippen molar-refractivity contribution in [2.45, 2.75) is 39.0 Å². The van der Waals surface area contributed by atoms with Crippen LogP contribution >= 0.6 is 0 Å². The summed E-state index contributed by atoms with van der Waals surface area (Å²) in [6.45, 7) is 4.11. The molecule has 2 aromatic rings. The Morgan fingerprint density at radius 3 is 2.37 bits per heavy atom. The molecule has 0 aliphatic heterocycles. The van der Waals surface area contributed by atoms with Crippen LogP contribution in [0.2, 0.25) is 0 Å². The van der Waals surface area contributed by atoms with Crippen LogP contribution in [0.1, 0.15) is 41.1 Å². The maximum atomic E-state index is 6.02. The molecule has 1 aliphatic rings. The number of nitrogens with zero attached hydrogens (tertiary/aromatic N) is 2. The van der Waals surface area contributed by atoms with Crippen molar-refractivity contribution < 1.29 is 0 Å². The van der Waals surface area contributed by atoms with Crippen LogP contribution in [-0.2, 0) is 19.3 Å². The lowest BCUT2D eigenvalue weighted by Gasteiger charge is -2.12. The minimum atomic E-state index is 0.380. The van der Waals surface area contributed by atoms with Gasteiger partial charge >= 0.3 is 0 Å². The molecule has 1 aromatic carbocycles. The van der Waals surface area contributed by atoms with Gasteiger partial charge in [0.05, 0.1) is 0 Å². The Labute approximate surface area is 113 Å². The van der Waals surface area contributed by atoms with E-state index in [0.717, 1.165) is 36.3 Å². The topological polar surface area (TPSA) is 51.8 Å². The molecule has 98 valence electrons. The molecule has 2 N–H and O–H groups in total. The van der Waals surface area contributed by atoms with Crippen LogP contribution < -0.4 is 5.73 Å². The summed E-state index contributed by atoms with van der Waals surface area (Å²) in [7, 11) is 0. The van der Waals surface area contributed by atoms with Gasteiger partial charge in [0.2, 0.25) is 0 Å². The Balaban J connectivity index is 1.95. The van der Waals surface area contributed by atoms with E-state index in [4.69, 9.17) is 10.7 Å². The zero-order valence-electron chi connectivity index (χ0n) is 11.5. The van der Waals surface area contributed by atoms with Gasteiger partial charge in [0.25, 0.3) is 0 Å². The van der Waals surface area contributed by atoms with E-state index in [2.05, 4.69) is 36.2 Å². The molecule has 1 heterocycles. The second-order valence-electron chi connectivity index (χ2n) is 5.27. The van der Waals surface area contributed by atoms with E-state index in [1.54, 1.807) is 0 Å². The summed E-state index contributed by atoms with van der Waals surface area (Å²) in [5, 5.41) is 0. The van der Waals surface area contributed by atoms with E-state index in [1.165, 1.54) is 11.1 Å². The molecule has 0 saturated heterocycles. The highest BCUT2D eigenvalue weighted by Gasteiger charge is 2.25. The number of nitrogen functional groups attached to an aromatic ring is 1. The molecule has 0 amide bonds. The average molecular weight is 253 g/mol. The van der Waals surface area contributed by atoms with E-state index in [0.29, 0.717) is 11.7 Å². The molecular formula is C16H19N3. The molecule has 3 rings (SSSR count). The first-order valence-corrected chi connectivity index (χ1v) is 6.88. The Morgan fingerprint density at radius 2 is 1.79 bits per heavy atom. The van der Waals surface area contributed by atoms with Crippen LogP contribution in [0, 0.1) is 6.92 Å². The minimum Gasteiger partial charge on any atom is -0.383 e. The number of benzene rings is 1. The van der Waals surface area contributed by atoms with Crippen LogP contribution in [0.25, 0.3) is 0 Å². The Kier molecular flexibility index (Phi) is 2.97. The second-order valence-corrected chi connectivity index (χ2v) is 5.27. The van der Waals surface area contributed by atoms with Crippen molar-refractivity contribution in [2.24, 2.45) is 0 Å². The predicted octanol–water partition coefficient (Wildman–Crippen LogP) is 2.81. The zero-order valence-corrected chi connectivity index (χ0v) is 11.5. The van der Waals surface area contributed by atoms with Crippen molar-refractivity contribution in [2.75, 3.05) is 5.73 Å². The number of hydrogen-bond donors (Lipinski definition) is 1. The zero-order chi connectivity index (χ0) is 13.4. The fraction of sp³-hybridized carbons (Fsp3) is 0.375. The predicted molar refractivity (Wildman–Crippen MR) is 77.2 cm³/mol. The summed E-state index contributed by atoms with van der Waals surface area (Å²) in [5.41, 5.74) is 11.0. The molecule has 1 aliphatic carbocycles. The number of fused-ring (bicyclic) bond motifs is 1. The Bertz CT molecular complexity index is 594. The molecular weight excluding hydrogens is 234 g/mol. The first-order chi connectivity index (χ1) is 9.19. The fourth-order valence-corrected chi connectivity index (χ4v) is 2.87. The molecule has 0 saturated carbocycles. The van der Waals surface area contributed by atoms with Crippen molar-refractivity contribution in [3.63, 3.8) is 0 Å². The summed E-state index contributed by atoms with van der Waals surface area (Å²) in [6, 6.07) is 8.60. The van der Waals surface area contributed by atoms with E-state index in [-0.39, 0.29) is 0 Å². The molecule has 3 heteroatoms. The van der Waals surface area contributed by atoms with E-state index >= 15 is 0 Å². The van der Waals surface area contributed by atoms with Gasteiger partial charge in [-0.15, -0.1) is 0 Å². The van der Waals surface area contributed by atoms with Crippen molar-refractivity contribution in [1.29, 1.82) is 0 Å². The Hall–Kier alpha value is -1.90. The van der Waals surface area contributed by atoms with Gasteiger partial charge in [0, 0.05) is 17.2 Å². The molecule has 0 atom stereocenters. The minimum absolute atomic E-state index is 0.380. The fourth-order valence-electron chi connectivity index (χ4n) is 2.87. The summed E-state index contributed by atoms with van der Waals surface area (Å²) >= 11 is 0. The molecule has 0 fully saturated rings. The van der Waals surface area contributed by atoms with Crippen LogP contribution in [-0.4, -0.2) is 9.97 Å². The molecule has 19 heavy (non-hydrogen) atoms. The van der Waals surface area contributed by atoms with Crippen molar-refractivity contribution >= 4 is 5.82 Å². The largest absolute Gasteiger partial charge is 0.383 e. The molecule has 0 radical (unpaired) electrons. The van der Waals surface area contributed by atoms with Gasteiger partial charge in [-0.2, -0.15) is 0 Å². The van der Waals surface area contributed by atoms with Crippen LogP contribution in [0.3, 0.4) is 0 Å². The quantitative estimate of drug-likeness (QED) is 0.895. The highest BCUT2D eigenvalue weighted by Crippen LogP contribution is 2.33. The highest BCUT2D eigenvalue weighted by molar-refractivity contribution is 5.43. The molecule has 1 aromatic heterocycles. The third-order valence-electron chi connectivity index (χ3n) is 4.05. The summed E-state index contributed by atoms with van der Waals surface area (Å²) < 4.78 is 0. The number of aromatic nitrogens is 2. The van der Waals surface area contributed by atoms with Crippen molar-refractivity contribution in [3.8, 4) is 0 Å². The summed E-state index contributed by atoms with van der Waals surface area (Å²) in [5.74, 6) is 1.93. The van der Waals surface area contributed by atoms with Gasteiger partial charge in [-0.05, 0) is 37.3 Å². The summed E-state index contributed by atoms with van der Waals surface area (Å²) in [4.78, 5) is 9.24. The van der Waals surface area contributed by atoms with Gasteiger partial charge in [0.15, 0.2) is 0 Å². The monoisotopic (exact) mass is 253 g/mol. The average Bonchev–Trinajstić information content (AvgIpc) is 2.85. The van der Waals surface area contributed by atoms with E-state index in [9.17, 15) is 0 Å². The van der Waals surface area contributed by atoms with Crippen LogP contribution in [0.15, 0.2) is 24.3 Å². The number of rotatable bonds is 2. The first-order valence-electron chi connectivity index (χ1n) is 6.88. The van der Waals surface area contributed by atoms with Gasteiger partial charge < -0.3 is 5.73 Å². The van der Waals surface area contributed by atoms with Crippen molar-refractivity contribution in [3.05, 3.63) is 52.5 Å². The smallest absolute Gasteiger partial charge is 0.134 e. The van der Waals surface area contributed by atoms with E-state index in [1.807, 2.05) is 6.92 Å². The number of hydrogen-bond acceptors (Lipinski definition) is 3. The Morgan fingerprint density at radius 1 is 1.16 bits per heavy atom. The molecule has 0 bridgehead atoms. The molecule has 3 nitrogen and oxygen atoms in total.